The number of anilines is 1. The average molecular weight is 418 g/mol. The molecule has 1 N–H and O–H groups in total. The van der Waals surface area contributed by atoms with Gasteiger partial charge in [0.1, 0.15) is 0 Å². The fourth-order valence-electron chi connectivity index (χ4n) is 2.81. The van der Waals surface area contributed by atoms with Crippen molar-refractivity contribution >= 4 is 28.8 Å². The summed E-state index contributed by atoms with van der Waals surface area (Å²) in [5.41, 5.74) is -0.0612. The van der Waals surface area contributed by atoms with E-state index in [4.69, 9.17) is 0 Å². The summed E-state index contributed by atoms with van der Waals surface area (Å²) >= 11 is 1.29. The van der Waals surface area contributed by atoms with Crippen LogP contribution in [0.2, 0.25) is 0 Å². The predicted octanol–water partition coefficient (Wildman–Crippen LogP) is 5.29. The lowest BCUT2D eigenvalue weighted by molar-refractivity contribution is -0.138. The van der Waals surface area contributed by atoms with Crippen molar-refractivity contribution < 1.29 is 22.8 Å². The number of carbonyl (C=O) groups is 2. The summed E-state index contributed by atoms with van der Waals surface area (Å²) in [6, 6.07) is 14.9. The first-order valence-corrected chi connectivity index (χ1v) is 9.49. The van der Waals surface area contributed by atoms with Crippen molar-refractivity contribution in [2.45, 2.75) is 12.7 Å². The molecular weight excluding hydrogens is 401 g/mol. The summed E-state index contributed by atoms with van der Waals surface area (Å²) in [5.74, 6) is -0.744. The monoisotopic (exact) mass is 418 g/mol. The first-order chi connectivity index (χ1) is 13.8. The van der Waals surface area contributed by atoms with E-state index in [-0.39, 0.29) is 23.6 Å². The van der Waals surface area contributed by atoms with Crippen molar-refractivity contribution in [1.29, 1.82) is 0 Å². The molecule has 4 nitrogen and oxygen atoms in total. The standard InChI is InChI=1S/C21H17F3N2O2S/c1-26(13-15-6-2-3-9-17(15)21(22,23)24)20(28)14-7-4-8-16(12-14)25-19(27)18-10-5-11-29-18/h2-12H,13H2,1H3,(H,25,27). The first kappa shape index (κ1) is 20.6. The minimum atomic E-state index is -4.49. The minimum absolute atomic E-state index is 0.0120. The zero-order valence-corrected chi connectivity index (χ0v) is 16.2. The van der Waals surface area contributed by atoms with Gasteiger partial charge in [0, 0.05) is 24.8 Å². The Bertz CT molecular complexity index is 1020. The number of thiophene rings is 1. The number of hydrogen-bond acceptors (Lipinski definition) is 3. The smallest absolute Gasteiger partial charge is 0.337 e. The van der Waals surface area contributed by atoms with Crippen LogP contribution in [-0.4, -0.2) is 23.8 Å². The molecule has 3 aromatic rings. The molecule has 0 radical (unpaired) electrons. The van der Waals surface area contributed by atoms with E-state index >= 15 is 0 Å². The third-order valence-corrected chi connectivity index (χ3v) is 5.06. The van der Waals surface area contributed by atoms with Crippen molar-refractivity contribution in [3.05, 3.63) is 87.6 Å². The number of halogens is 3. The van der Waals surface area contributed by atoms with Gasteiger partial charge in [-0.2, -0.15) is 13.2 Å². The minimum Gasteiger partial charge on any atom is -0.337 e. The van der Waals surface area contributed by atoms with Gasteiger partial charge in [-0.1, -0.05) is 30.3 Å². The number of rotatable bonds is 5. The molecule has 150 valence electrons. The van der Waals surface area contributed by atoms with E-state index in [9.17, 15) is 22.8 Å². The van der Waals surface area contributed by atoms with Gasteiger partial charge in [-0.25, -0.2) is 0 Å². The summed E-state index contributed by atoms with van der Waals surface area (Å²) in [5, 5.41) is 4.49. The van der Waals surface area contributed by atoms with E-state index in [2.05, 4.69) is 5.32 Å². The molecule has 2 amide bonds. The Morgan fingerprint density at radius 1 is 1.03 bits per heavy atom. The summed E-state index contributed by atoms with van der Waals surface area (Å²) in [4.78, 5) is 26.6. The van der Waals surface area contributed by atoms with E-state index in [1.807, 2.05) is 0 Å². The number of amides is 2. The van der Waals surface area contributed by atoms with E-state index in [1.54, 1.807) is 35.7 Å². The molecule has 2 aromatic carbocycles. The van der Waals surface area contributed by atoms with Gasteiger partial charge in [0.25, 0.3) is 11.8 Å². The Kier molecular flexibility index (Phi) is 6.03. The number of benzene rings is 2. The molecule has 29 heavy (non-hydrogen) atoms. The second-order valence-electron chi connectivity index (χ2n) is 6.33. The molecular formula is C21H17F3N2O2S. The number of nitrogens with zero attached hydrogens (tertiary/aromatic N) is 1. The maximum absolute atomic E-state index is 13.2. The van der Waals surface area contributed by atoms with Crippen molar-refractivity contribution in [3.63, 3.8) is 0 Å². The van der Waals surface area contributed by atoms with Crippen LogP contribution in [0.5, 0.6) is 0 Å². The molecule has 0 saturated carbocycles. The molecule has 1 aromatic heterocycles. The molecule has 0 aliphatic carbocycles. The van der Waals surface area contributed by atoms with Crippen LogP contribution in [0.25, 0.3) is 0 Å². The second-order valence-corrected chi connectivity index (χ2v) is 7.28. The van der Waals surface area contributed by atoms with Crippen LogP contribution in [0.15, 0.2) is 66.0 Å². The van der Waals surface area contributed by atoms with Crippen LogP contribution in [0.1, 0.15) is 31.2 Å². The molecule has 1 heterocycles. The number of alkyl halides is 3. The summed E-state index contributed by atoms with van der Waals surface area (Å²) < 4.78 is 39.5. The topological polar surface area (TPSA) is 49.4 Å². The van der Waals surface area contributed by atoms with E-state index in [0.717, 1.165) is 6.07 Å². The normalized spacial score (nSPS) is 11.2. The van der Waals surface area contributed by atoms with Gasteiger partial charge in [-0.05, 0) is 41.3 Å². The number of carbonyl (C=O) groups excluding carboxylic acids is 2. The van der Waals surface area contributed by atoms with Gasteiger partial charge in [0.2, 0.25) is 0 Å². The van der Waals surface area contributed by atoms with Gasteiger partial charge < -0.3 is 10.2 Å². The lowest BCUT2D eigenvalue weighted by Crippen LogP contribution is -2.27. The SMILES string of the molecule is CN(Cc1ccccc1C(F)(F)F)C(=O)c1cccc(NC(=O)c2cccs2)c1. The molecule has 8 heteroatoms. The van der Waals surface area contributed by atoms with Crippen molar-refractivity contribution in [2.75, 3.05) is 12.4 Å². The Hall–Kier alpha value is -3.13. The van der Waals surface area contributed by atoms with Crippen LogP contribution in [-0.2, 0) is 12.7 Å². The highest BCUT2D eigenvalue weighted by atomic mass is 32.1. The zero-order valence-electron chi connectivity index (χ0n) is 15.4. The van der Waals surface area contributed by atoms with Crippen LogP contribution in [0.4, 0.5) is 18.9 Å². The lowest BCUT2D eigenvalue weighted by Gasteiger charge is -2.20. The molecule has 0 aliphatic rings. The lowest BCUT2D eigenvalue weighted by atomic mass is 10.1. The average Bonchev–Trinajstić information content (AvgIpc) is 3.22. The van der Waals surface area contributed by atoms with Crippen LogP contribution < -0.4 is 5.32 Å². The second kappa shape index (κ2) is 8.48. The van der Waals surface area contributed by atoms with Gasteiger partial charge in [0.15, 0.2) is 0 Å². The van der Waals surface area contributed by atoms with E-state index < -0.39 is 17.6 Å². The quantitative estimate of drug-likeness (QED) is 0.612. The van der Waals surface area contributed by atoms with Crippen LogP contribution >= 0.6 is 11.3 Å². The highest BCUT2D eigenvalue weighted by molar-refractivity contribution is 7.12. The highest BCUT2D eigenvalue weighted by Crippen LogP contribution is 2.32. The zero-order chi connectivity index (χ0) is 21.0. The van der Waals surface area contributed by atoms with E-state index in [1.165, 1.54) is 47.5 Å². The summed E-state index contributed by atoms with van der Waals surface area (Å²) in [6.07, 6.45) is -4.49. The number of hydrogen-bond donors (Lipinski definition) is 1. The first-order valence-electron chi connectivity index (χ1n) is 8.61. The fraction of sp³-hybridized carbons (Fsp3) is 0.143. The molecule has 0 aliphatic heterocycles. The maximum atomic E-state index is 13.2. The third kappa shape index (κ3) is 5.03. The molecule has 0 unspecified atom stereocenters. The van der Waals surface area contributed by atoms with Crippen molar-refractivity contribution in [3.8, 4) is 0 Å². The Balaban J connectivity index is 1.75. The van der Waals surface area contributed by atoms with E-state index in [0.29, 0.717) is 10.6 Å². The predicted molar refractivity (Wildman–Crippen MR) is 106 cm³/mol. The van der Waals surface area contributed by atoms with Gasteiger partial charge in [-0.3, -0.25) is 9.59 Å². The van der Waals surface area contributed by atoms with Crippen LogP contribution in [0.3, 0.4) is 0 Å². The number of nitrogens with one attached hydrogen (secondary N) is 1. The fourth-order valence-corrected chi connectivity index (χ4v) is 3.43. The summed E-state index contributed by atoms with van der Waals surface area (Å²) in [6.45, 7) is -0.194. The molecule has 0 bridgehead atoms. The van der Waals surface area contributed by atoms with Crippen molar-refractivity contribution in [1.82, 2.24) is 4.90 Å². The maximum Gasteiger partial charge on any atom is 0.416 e. The summed E-state index contributed by atoms with van der Waals surface area (Å²) in [7, 11) is 1.44. The Labute approximate surface area is 169 Å². The largest absolute Gasteiger partial charge is 0.416 e. The molecule has 0 fully saturated rings. The molecule has 0 spiro atoms. The van der Waals surface area contributed by atoms with Gasteiger partial charge in [-0.15, -0.1) is 11.3 Å². The highest BCUT2D eigenvalue weighted by Gasteiger charge is 2.33. The van der Waals surface area contributed by atoms with Crippen molar-refractivity contribution in [2.24, 2.45) is 0 Å². The Morgan fingerprint density at radius 2 is 1.79 bits per heavy atom. The Morgan fingerprint density at radius 3 is 2.48 bits per heavy atom. The molecule has 3 rings (SSSR count). The third-order valence-electron chi connectivity index (χ3n) is 4.19. The molecule has 0 saturated heterocycles. The molecule has 0 atom stereocenters. The van der Waals surface area contributed by atoms with Gasteiger partial charge in [0.05, 0.1) is 10.4 Å². The van der Waals surface area contributed by atoms with Gasteiger partial charge >= 0.3 is 6.18 Å². The van der Waals surface area contributed by atoms with Crippen LogP contribution in [0, 0.1) is 0 Å².